The molecule has 31 heavy (non-hydrogen) atoms. The molecule has 2 aromatic rings. The summed E-state index contributed by atoms with van der Waals surface area (Å²) in [6.07, 6.45) is 1.15. The lowest BCUT2D eigenvalue weighted by molar-refractivity contribution is -0.122. The number of carbonyl (C=O) groups excluding carboxylic acids is 2. The van der Waals surface area contributed by atoms with E-state index in [0.29, 0.717) is 35.6 Å². The number of ketones is 1. The Bertz CT molecular complexity index is 1060. The molecule has 6 nitrogen and oxygen atoms in total. The number of hydrogen-bond acceptors (Lipinski definition) is 5. The largest absolute Gasteiger partial charge is 0.508 e. The Morgan fingerprint density at radius 2 is 1.81 bits per heavy atom. The van der Waals surface area contributed by atoms with Gasteiger partial charge in [0.05, 0.1) is 13.2 Å². The van der Waals surface area contributed by atoms with Crippen molar-refractivity contribution >= 4 is 11.7 Å². The molecule has 2 atom stereocenters. The van der Waals surface area contributed by atoms with E-state index in [-0.39, 0.29) is 41.8 Å². The van der Waals surface area contributed by atoms with Crippen molar-refractivity contribution in [1.29, 1.82) is 0 Å². The molecule has 162 valence electrons. The number of benzene rings is 2. The molecular weight excluding hydrogens is 394 g/mol. The summed E-state index contributed by atoms with van der Waals surface area (Å²) in [5, 5.41) is 12.8. The summed E-state index contributed by atoms with van der Waals surface area (Å²) in [7, 11) is 1.60. The zero-order valence-corrected chi connectivity index (χ0v) is 18.0. The van der Waals surface area contributed by atoms with Gasteiger partial charge in [0.25, 0.3) is 0 Å². The van der Waals surface area contributed by atoms with Crippen molar-refractivity contribution in [3.05, 3.63) is 64.9 Å². The summed E-state index contributed by atoms with van der Waals surface area (Å²) in [5.74, 6) is 0.946. The molecular formula is C25H27NO5. The van der Waals surface area contributed by atoms with E-state index in [1.807, 2.05) is 38.1 Å². The molecule has 0 unspecified atom stereocenters. The summed E-state index contributed by atoms with van der Waals surface area (Å²) < 4.78 is 11.3. The van der Waals surface area contributed by atoms with Crippen LogP contribution < -0.4 is 14.8 Å². The molecule has 0 fully saturated rings. The number of phenolic OH excluding ortho intramolecular Hbond substituents is 1. The molecule has 1 aliphatic carbocycles. The van der Waals surface area contributed by atoms with Crippen molar-refractivity contribution in [3.8, 4) is 17.2 Å². The highest BCUT2D eigenvalue weighted by molar-refractivity contribution is 6.02. The minimum Gasteiger partial charge on any atom is -0.508 e. The number of carbonyl (C=O) groups is 2. The molecule has 6 heteroatoms. The lowest BCUT2D eigenvalue weighted by Crippen LogP contribution is -2.38. The number of rotatable bonds is 5. The van der Waals surface area contributed by atoms with Crippen molar-refractivity contribution in [1.82, 2.24) is 5.32 Å². The molecule has 2 N–H and O–H groups in total. The van der Waals surface area contributed by atoms with Gasteiger partial charge in [0, 0.05) is 30.0 Å². The number of allylic oxidation sites excluding steroid dienone is 2. The van der Waals surface area contributed by atoms with E-state index in [0.717, 1.165) is 11.1 Å². The monoisotopic (exact) mass is 421 g/mol. The Hall–Kier alpha value is -3.28. The van der Waals surface area contributed by atoms with Gasteiger partial charge in [-0.2, -0.15) is 0 Å². The van der Waals surface area contributed by atoms with Crippen molar-refractivity contribution in [2.24, 2.45) is 0 Å². The number of ether oxygens (including phenoxy) is 2. The van der Waals surface area contributed by atoms with Gasteiger partial charge < -0.3 is 19.9 Å². The van der Waals surface area contributed by atoms with Gasteiger partial charge in [-0.1, -0.05) is 18.2 Å². The third-order valence-electron chi connectivity index (χ3n) is 5.83. The van der Waals surface area contributed by atoms with E-state index < -0.39 is 0 Å². The van der Waals surface area contributed by atoms with E-state index in [1.165, 1.54) is 0 Å². The zero-order chi connectivity index (χ0) is 22.1. The molecule has 0 saturated heterocycles. The second kappa shape index (κ2) is 8.46. The Morgan fingerprint density at radius 3 is 2.52 bits per heavy atom. The predicted octanol–water partition coefficient (Wildman–Crippen LogP) is 4.19. The van der Waals surface area contributed by atoms with Crippen LogP contribution in [0.1, 0.15) is 56.1 Å². The van der Waals surface area contributed by atoms with Crippen LogP contribution in [0.4, 0.5) is 0 Å². The molecule has 1 heterocycles. The summed E-state index contributed by atoms with van der Waals surface area (Å²) >= 11 is 0. The van der Waals surface area contributed by atoms with Gasteiger partial charge in [-0.25, -0.2) is 0 Å². The van der Waals surface area contributed by atoms with Gasteiger partial charge in [0.2, 0.25) is 5.91 Å². The molecule has 0 aromatic heterocycles. The van der Waals surface area contributed by atoms with E-state index >= 15 is 0 Å². The average molecular weight is 421 g/mol. The number of hydrogen-bond donors (Lipinski definition) is 2. The topological polar surface area (TPSA) is 84.9 Å². The summed E-state index contributed by atoms with van der Waals surface area (Å²) in [5.41, 5.74) is 3.10. The summed E-state index contributed by atoms with van der Waals surface area (Å²) in [6.45, 7) is 3.91. The smallest absolute Gasteiger partial charge is 0.225 e. The quantitative estimate of drug-likeness (QED) is 0.756. The Morgan fingerprint density at radius 1 is 1.00 bits per heavy atom. The van der Waals surface area contributed by atoms with E-state index in [2.05, 4.69) is 5.32 Å². The minimum atomic E-state index is -0.333. The second-order valence-corrected chi connectivity index (χ2v) is 8.40. The molecule has 1 amide bonds. The number of methoxy groups -OCH3 is 1. The lowest BCUT2D eigenvalue weighted by Gasteiger charge is -2.34. The van der Waals surface area contributed by atoms with Crippen molar-refractivity contribution in [2.45, 2.75) is 51.0 Å². The number of Topliss-reactive ketones (excluding diaryl/α,β-unsaturated/α-hetero) is 1. The van der Waals surface area contributed by atoms with Gasteiger partial charge in [0.15, 0.2) is 17.3 Å². The summed E-state index contributed by atoms with van der Waals surface area (Å²) in [6, 6.07) is 12.6. The lowest BCUT2D eigenvalue weighted by atomic mass is 9.73. The maximum atomic E-state index is 13.2. The first-order valence-corrected chi connectivity index (χ1v) is 10.5. The highest BCUT2D eigenvalue weighted by atomic mass is 16.5. The summed E-state index contributed by atoms with van der Waals surface area (Å²) in [4.78, 5) is 25.7. The van der Waals surface area contributed by atoms with Gasteiger partial charge in [0.1, 0.15) is 5.75 Å². The number of phenols is 1. The Kier molecular flexibility index (Phi) is 5.72. The number of amides is 1. The third-order valence-corrected chi connectivity index (χ3v) is 5.83. The highest BCUT2D eigenvalue weighted by Gasteiger charge is 2.38. The minimum absolute atomic E-state index is 0.0236. The zero-order valence-electron chi connectivity index (χ0n) is 18.0. The fourth-order valence-corrected chi connectivity index (χ4v) is 4.51. The maximum absolute atomic E-state index is 13.2. The van der Waals surface area contributed by atoms with Crippen LogP contribution in [0.5, 0.6) is 17.2 Å². The fourth-order valence-electron chi connectivity index (χ4n) is 4.51. The first kappa shape index (κ1) is 21.0. The number of nitrogens with one attached hydrogen (secondary N) is 1. The normalized spacial score (nSPS) is 21.0. The molecule has 4 rings (SSSR count). The second-order valence-electron chi connectivity index (χ2n) is 8.40. The average Bonchev–Trinajstić information content (AvgIpc) is 2.72. The molecule has 0 bridgehead atoms. The van der Waals surface area contributed by atoms with Crippen LogP contribution in [-0.2, 0) is 9.59 Å². The van der Waals surface area contributed by atoms with Crippen LogP contribution in [0.3, 0.4) is 0 Å². The van der Waals surface area contributed by atoms with Crippen molar-refractivity contribution in [2.75, 3.05) is 7.11 Å². The molecule has 0 spiro atoms. The first-order valence-electron chi connectivity index (χ1n) is 10.5. The van der Waals surface area contributed by atoms with Crippen LogP contribution in [0.25, 0.3) is 0 Å². The predicted molar refractivity (Wildman–Crippen MR) is 116 cm³/mol. The van der Waals surface area contributed by atoms with Crippen LogP contribution >= 0.6 is 0 Å². The molecule has 0 saturated carbocycles. The molecule has 2 aromatic carbocycles. The van der Waals surface area contributed by atoms with E-state index in [9.17, 15) is 14.7 Å². The Labute approximate surface area is 181 Å². The van der Waals surface area contributed by atoms with Crippen LogP contribution in [0, 0.1) is 0 Å². The van der Waals surface area contributed by atoms with Crippen molar-refractivity contribution < 1.29 is 24.2 Å². The van der Waals surface area contributed by atoms with Gasteiger partial charge in [-0.05, 0) is 61.6 Å². The first-order chi connectivity index (χ1) is 14.9. The fraction of sp³-hybridized carbons (Fsp3) is 0.360. The third kappa shape index (κ3) is 4.29. The van der Waals surface area contributed by atoms with Crippen LogP contribution in [-0.4, -0.2) is 30.0 Å². The van der Waals surface area contributed by atoms with E-state index in [1.54, 1.807) is 25.3 Å². The molecule has 1 aliphatic heterocycles. The maximum Gasteiger partial charge on any atom is 0.225 e. The van der Waals surface area contributed by atoms with Gasteiger partial charge in [-0.15, -0.1) is 0 Å². The van der Waals surface area contributed by atoms with Gasteiger partial charge >= 0.3 is 0 Å². The van der Waals surface area contributed by atoms with Crippen LogP contribution in [0.2, 0.25) is 0 Å². The SMILES string of the molecule is COc1cc([C@H]2CC(=O)C3=C(C2)NC(=O)C[C@H]3c2cccc(O)c2)ccc1OC(C)C. The number of aromatic hydroxyl groups is 1. The molecule has 2 aliphatic rings. The van der Waals surface area contributed by atoms with Crippen molar-refractivity contribution in [3.63, 3.8) is 0 Å². The van der Waals surface area contributed by atoms with E-state index in [4.69, 9.17) is 9.47 Å². The van der Waals surface area contributed by atoms with Crippen LogP contribution in [0.15, 0.2) is 53.7 Å². The van der Waals surface area contributed by atoms with Gasteiger partial charge in [-0.3, -0.25) is 9.59 Å². The Balaban J connectivity index is 1.66. The molecule has 0 radical (unpaired) electrons. The standard InChI is InChI=1S/C25H27NO5/c1-14(2)31-22-8-7-15(12-23(22)30-3)17-10-20-25(21(28)11-17)19(13-24(29)26-20)16-5-4-6-18(27)9-16/h4-9,12,14,17,19,27H,10-11,13H2,1-3H3,(H,26,29)/t17-,19+/m1/s1. The highest BCUT2D eigenvalue weighted by Crippen LogP contribution is 2.44.